The predicted molar refractivity (Wildman–Crippen MR) is 213 cm³/mol. The summed E-state index contributed by atoms with van der Waals surface area (Å²) in [5.41, 5.74) is 3.83. The average molecular weight is 725 g/mol. The van der Waals surface area contributed by atoms with Gasteiger partial charge in [-0.3, -0.25) is 0 Å². The van der Waals surface area contributed by atoms with E-state index < -0.39 is 46.0 Å². The molecule has 8 N–H and O–H groups in total. The van der Waals surface area contributed by atoms with E-state index in [-0.39, 0.29) is 32.7 Å². The molecular weight excluding hydrogens is 696 g/mol. The molecule has 0 aliphatic carbocycles. The highest BCUT2D eigenvalue weighted by Crippen LogP contribution is 2.62. The van der Waals surface area contributed by atoms with Gasteiger partial charge in [0.25, 0.3) is 0 Å². The van der Waals surface area contributed by atoms with Gasteiger partial charge in [0.05, 0.1) is 0 Å². The molecule has 0 spiro atoms. The molecule has 0 unspecified atom stereocenters. The summed E-state index contributed by atoms with van der Waals surface area (Å²) in [6.45, 7) is 0. The number of phenolic OH excluding ortho intramolecular Hbond substituents is 8. The molecule has 9 aromatic carbocycles. The molecule has 0 saturated heterocycles. The van der Waals surface area contributed by atoms with Crippen LogP contribution in [0.2, 0.25) is 0 Å². The molecule has 0 aliphatic heterocycles. The van der Waals surface area contributed by atoms with E-state index in [1.54, 1.807) is 42.5 Å². The fourth-order valence-corrected chi connectivity index (χ4v) is 8.05. The number of benzene rings is 9. The second-order valence-corrected chi connectivity index (χ2v) is 13.7. The Kier molecular flexibility index (Phi) is 6.59. The van der Waals surface area contributed by atoms with Crippen LogP contribution in [0.5, 0.6) is 46.0 Å². The van der Waals surface area contributed by atoms with Crippen LogP contribution in [0.15, 0.2) is 126 Å². The first kappa shape index (κ1) is 31.9. The van der Waals surface area contributed by atoms with Crippen molar-refractivity contribution in [1.82, 2.24) is 0 Å². The van der Waals surface area contributed by atoms with E-state index in [1.807, 2.05) is 72.8 Å². The van der Waals surface area contributed by atoms with Gasteiger partial charge in [-0.05, 0) is 62.7 Å². The molecule has 10 aromatic rings. The molecule has 9 heteroatoms. The standard InChI is InChI=1S/C46H28O9/c47-38-34-32(24-12-9-22(10-13-24)26-16-18-31-30(20-26)29-17-15-23-6-3-4-8-28(23)46(29)55-31)35-37(41(50)45(54)43(52)39(35)48)33(36(34)40(49)44(53)42(38)51)27-14-11-21-5-1-2-7-25(21)19-27/h1-20,47-54H. The summed E-state index contributed by atoms with van der Waals surface area (Å²) in [6.07, 6.45) is 0. The van der Waals surface area contributed by atoms with Crippen molar-refractivity contribution in [2.45, 2.75) is 0 Å². The van der Waals surface area contributed by atoms with Crippen molar-refractivity contribution in [2.24, 2.45) is 0 Å². The molecule has 55 heavy (non-hydrogen) atoms. The number of furan rings is 1. The van der Waals surface area contributed by atoms with Crippen molar-refractivity contribution in [1.29, 1.82) is 0 Å². The van der Waals surface area contributed by atoms with Gasteiger partial charge >= 0.3 is 0 Å². The summed E-state index contributed by atoms with van der Waals surface area (Å²) in [5.74, 6) is -7.39. The molecular formula is C46H28O9. The molecule has 1 heterocycles. The van der Waals surface area contributed by atoms with Crippen molar-refractivity contribution >= 4 is 65.0 Å². The van der Waals surface area contributed by atoms with Crippen molar-refractivity contribution in [3.05, 3.63) is 121 Å². The minimum absolute atomic E-state index is 0.00394. The van der Waals surface area contributed by atoms with E-state index in [4.69, 9.17) is 4.42 Å². The third-order valence-electron chi connectivity index (χ3n) is 10.7. The van der Waals surface area contributed by atoms with E-state index >= 15 is 0 Å². The topological polar surface area (TPSA) is 175 Å². The number of hydrogen-bond donors (Lipinski definition) is 8. The number of rotatable bonds is 3. The predicted octanol–water partition coefficient (Wildman–Crippen LogP) is 10.8. The summed E-state index contributed by atoms with van der Waals surface area (Å²) in [7, 11) is 0. The van der Waals surface area contributed by atoms with E-state index in [1.165, 1.54) is 0 Å². The lowest BCUT2D eigenvalue weighted by atomic mass is 9.83. The van der Waals surface area contributed by atoms with Gasteiger partial charge in [-0.2, -0.15) is 0 Å². The molecule has 266 valence electrons. The first-order valence-corrected chi connectivity index (χ1v) is 17.3. The van der Waals surface area contributed by atoms with Crippen LogP contribution >= 0.6 is 0 Å². The smallest absolute Gasteiger partial charge is 0.204 e. The molecule has 0 radical (unpaired) electrons. The maximum absolute atomic E-state index is 11.6. The molecule has 0 bridgehead atoms. The van der Waals surface area contributed by atoms with E-state index in [9.17, 15) is 40.9 Å². The highest BCUT2D eigenvalue weighted by Gasteiger charge is 2.32. The molecule has 0 atom stereocenters. The van der Waals surface area contributed by atoms with Gasteiger partial charge in [0, 0.05) is 48.8 Å². The highest BCUT2D eigenvalue weighted by molar-refractivity contribution is 6.29. The number of aromatic hydroxyl groups is 8. The summed E-state index contributed by atoms with van der Waals surface area (Å²) in [4.78, 5) is 0. The number of fused-ring (bicyclic) bond motifs is 8. The van der Waals surface area contributed by atoms with Gasteiger partial charge < -0.3 is 45.3 Å². The molecule has 10 rings (SSSR count). The Balaban J connectivity index is 1.25. The highest BCUT2D eigenvalue weighted by atomic mass is 16.4. The van der Waals surface area contributed by atoms with Gasteiger partial charge in [0.2, 0.25) is 23.0 Å². The average Bonchev–Trinajstić information content (AvgIpc) is 3.61. The van der Waals surface area contributed by atoms with Crippen molar-refractivity contribution in [2.75, 3.05) is 0 Å². The fraction of sp³-hybridized carbons (Fsp3) is 0. The lowest BCUT2D eigenvalue weighted by molar-refractivity contribution is 0.350. The van der Waals surface area contributed by atoms with Gasteiger partial charge in [-0.15, -0.1) is 0 Å². The Hall–Kier alpha value is -7.78. The van der Waals surface area contributed by atoms with E-state index in [2.05, 4.69) is 6.07 Å². The Morgan fingerprint density at radius 1 is 0.309 bits per heavy atom. The summed E-state index contributed by atoms with van der Waals surface area (Å²) < 4.78 is 6.29. The molecule has 0 amide bonds. The number of phenols is 8. The van der Waals surface area contributed by atoms with Crippen LogP contribution in [0, 0.1) is 0 Å². The van der Waals surface area contributed by atoms with Crippen molar-refractivity contribution in [3.8, 4) is 79.4 Å². The van der Waals surface area contributed by atoms with Crippen LogP contribution in [0.3, 0.4) is 0 Å². The molecule has 9 nitrogen and oxygen atoms in total. The second-order valence-electron chi connectivity index (χ2n) is 13.7. The lowest BCUT2D eigenvalue weighted by Gasteiger charge is -2.22. The van der Waals surface area contributed by atoms with Crippen molar-refractivity contribution < 1.29 is 45.3 Å². The minimum Gasteiger partial charge on any atom is -0.504 e. The largest absolute Gasteiger partial charge is 0.504 e. The summed E-state index contributed by atoms with van der Waals surface area (Å²) in [6, 6.07) is 37.6. The van der Waals surface area contributed by atoms with Gasteiger partial charge in [-0.25, -0.2) is 0 Å². The lowest BCUT2D eigenvalue weighted by Crippen LogP contribution is -1.95. The van der Waals surface area contributed by atoms with Gasteiger partial charge in [0.15, 0.2) is 23.0 Å². The first-order chi connectivity index (χ1) is 26.6. The normalized spacial score (nSPS) is 11.9. The van der Waals surface area contributed by atoms with E-state index in [0.29, 0.717) is 11.1 Å². The zero-order chi connectivity index (χ0) is 37.9. The molecule has 0 saturated carbocycles. The third kappa shape index (κ3) is 4.41. The quantitative estimate of drug-likeness (QED) is 0.0501. The Bertz CT molecular complexity index is 3210. The van der Waals surface area contributed by atoms with Crippen LogP contribution in [-0.4, -0.2) is 40.9 Å². The summed E-state index contributed by atoms with van der Waals surface area (Å²) in [5, 5.41) is 94.5. The van der Waals surface area contributed by atoms with Crippen LogP contribution in [0.25, 0.3) is 98.4 Å². The maximum atomic E-state index is 11.6. The maximum Gasteiger partial charge on any atom is 0.204 e. The zero-order valence-electron chi connectivity index (χ0n) is 28.5. The van der Waals surface area contributed by atoms with Crippen LogP contribution in [0.4, 0.5) is 0 Å². The zero-order valence-corrected chi connectivity index (χ0v) is 28.5. The van der Waals surface area contributed by atoms with Crippen LogP contribution in [-0.2, 0) is 0 Å². The SMILES string of the molecule is Oc1c(O)c(O)c2c(-c3ccc4ccccc4c3)c3c(O)c(O)c(O)c(O)c3c(-c3ccc(-c4ccc5oc6c7ccccc7ccc6c5c4)cc3)c2c1O. The Morgan fingerprint density at radius 2 is 0.782 bits per heavy atom. The Labute approximate surface area is 310 Å². The van der Waals surface area contributed by atoms with E-state index in [0.717, 1.165) is 54.6 Å². The number of hydrogen-bond acceptors (Lipinski definition) is 9. The fourth-order valence-electron chi connectivity index (χ4n) is 8.05. The second kappa shape index (κ2) is 11.4. The minimum atomic E-state index is -1.02. The molecule has 0 fully saturated rings. The third-order valence-corrected chi connectivity index (χ3v) is 10.7. The monoisotopic (exact) mass is 724 g/mol. The first-order valence-electron chi connectivity index (χ1n) is 17.3. The van der Waals surface area contributed by atoms with Crippen LogP contribution < -0.4 is 0 Å². The van der Waals surface area contributed by atoms with Gasteiger partial charge in [-0.1, -0.05) is 97.1 Å². The molecule has 1 aromatic heterocycles. The van der Waals surface area contributed by atoms with Crippen LogP contribution in [0.1, 0.15) is 0 Å². The van der Waals surface area contributed by atoms with Gasteiger partial charge in [0.1, 0.15) is 11.2 Å². The Morgan fingerprint density at radius 3 is 1.40 bits per heavy atom. The summed E-state index contributed by atoms with van der Waals surface area (Å²) >= 11 is 0. The molecule has 0 aliphatic rings. The van der Waals surface area contributed by atoms with Crippen molar-refractivity contribution in [3.63, 3.8) is 0 Å².